The number of hydrogen-bond donors (Lipinski definition) is 1. The SMILES string of the molecule is C[C@H]1[C@H]([Si](C)(C)F)[C@@H](CCn2cc([C@H](O)c3ccccc3)nn2)O[C@]12C(=O)N(Cc1ccc(N3C(=O)COc4ccccc43)cc1)c1ccccc12. The van der Waals surface area contributed by atoms with E-state index in [1.807, 2.05) is 110 Å². The molecule has 5 atom stereocenters. The Morgan fingerprint density at radius 1 is 0.942 bits per heavy atom. The fourth-order valence-electron chi connectivity index (χ4n) is 8.36. The molecule has 3 aliphatic heterocycles. The van der Waals surface area contributed by atoms with E-state index in [1.165, 1.54) is 0 Å². The van der Waals surface area contributed by atoms with Crippen molar-refractivity contribution >= 4 is 37.3 Å². The predicted molar refractivity (Wildman–Crippen MR) is 196 cm³/mol. The number of nitrogens with zero attached hydrogens (tertiary/aromatic N) is 5. The number of aryl methyl sites for hydroxylation is 1. The standard InChI is InChI=1S/C40H40FN5O5Si/c1-26-38(52(2,3)41)35(21-22-44-24-31(42-43-44)37(48)28-11-5-4-6-12-28)51-40(26)30-13-7-8-14-32(30)45(39(40)49)23-27-17-19-29(20-18-27)46-33-15-9-10-16-34(33)50-25-36(46)47/h4-20,24,26,35,37-38,48H,21-23,25H2,1-3H3/t26-,35+,37+,38-,40+/m0/s1. The average Bonchev–Trinajstić information content (AvgIpc) is 3.81. The molecule has 12 heteroatoms. The summed E-state index contributed by atoms with van der Waals surface area (Å²) in [6.45, 7) is 5.94. The molecule has 2 amide bonds. The molecular formula is C40H40FN5O5Si. The van der Waals surface area contributed by atoms with Gasteiger partial charge in [-0.2, -0.15) is 0 Å². The van der Waals surface area contributed by atoms with Crippen molar-refractivity contribution in [3.8, 4) is 5.75 Å². The van der Waals surface area contributed by atoms with Crippen molar-refractivity contribution in [3.63, 3.8) is 0 Å². The zero-order valence-electron chi connectivity index (χ0n) is 29.2. The highest BCUT2D eigenvalue weighted by Crippen LogP contribution is 2.60. The Bertz CT molecular complexity index is 2120. The van der Waals surface area contributed by atoms with Gasteiger partial charge in [0.05, 0.1) is 30.2 Å². The van der Waals surface area contributed by atoms with Gasteiger partial charge in [0.2, 0.25) is 8.41 Å². The number of anilines is 3. The molecule has 0 saturated carbocycles. The Hall–Kier alpha value is -5.17. The molecule has 10 nitrogen and oxygen atoms in total. The maximum absolute atomic E-state index is 16.3. The molecule has 4 heterocycles. The van der Waals surface area contributed by atoms with Crippen molar-refractivity contribution < 1.29 is 28.3 Å². The Balaban J connectivity index is 1.04. The van der Waals surface area contributed by atoms with Crippen LogP contribution in [0.15, 0.2) is 109 Å². The normalized spacial score (nSPS) is 23.1. The smallest absolute Gasteiger partial charge is 0.269 e. The lowest BCUT2D eigenvalue weighted by Crippen LogP contribution is -2.45. The van der Waals surface area contributed by atoms with Gasteiger partial charge in [-0.1, -0.05) is 84.9 Å². The second kappa shape index (κ2) is 13.1. The minimum atomic E-state index is -3.36. The lowest BCUT2D eigenvalue weighted by Gasteiger charge is -2.31. The topological polar surface area (TPSA) is 110 Å². The molecule has 0 bridgehead atoms. The molecule has 1 spiro atoms. The van der Waals surface area contributed by atoms with Crippen LogP contribution >= 0.6 is 0 Å². The molecule has 1 aromatic heterocycles. The highest BCUT2D eigenvalue weighted by atomic mass is 28.4. The summed E-state index contributed by atoms with van der Waals surface area (Å²) >= 11 is 0. The molecule has 1 fully saturated rings. The third-order valence-corrected chi connectivity index (χ3v) is 13.2. The van der Waals surface area contributed by atoms with Crippen molar-refractivity contribution in [2.24, 2.45) is 5.92 Å². The van der Waals surface area contributed by atoms with Crippen LogP contribution in [0.5, 0.6) is 5.75 Å². The Labute approximate surface area is 302 Å². The number of fused-ring (bicyclic) bond motifs is 3. The Kier molecular flexibility index (Phi) is 8.55. The van der Waals surface area contributed by atoms with E-state index in [0.29, 0.717) is 41.3 Å². The first kappa shape index (κ1) is 33.9. The highest BCUT2D eigenvalue weighted by Gasteiger charge is 2.66. The van der Waals surface area contributed by atoms with Crippen molar-refractivity contribution in [1.82, 2.24) is 15.0 Å². The van der Waals surface area contributed by atoms with Gasteiger partial charge < -0.3 is 23.6 Å². The lowest BCUT2D eigenvalue weighted by atomic mass is 9.82. The predicted octanol–water partition coefficient (Wildman–Crippen LogP) is 6.83. The Morgan fingerprint density at radius 2 is 1.63 bits per heavy atom. The maximum Gasteiger partial charge on any atom is 0.269 e. The van der Waals surface area contributed by atoms with Gasteiger partial charge in [0.1, 0.15) is 17.5 Å². The molecule has 266 valence electrons. The molecule has 0 unspecified atom stereocenters. The molecule has 1 N–H and O–H groups in total. The van der Waals surface area contributed by atoms with Crippen molar-refractivity contribution in [2.75, 3.05) is 16.4 Å². The number of carbonyl (C=O) groups is 2. The van der Waals surface area contributed by atoms with Crippen LogP contribution in [0, 0.1) is 5.92 Å². The van der Waals surface area contributed by atoms with E-state index in [1.54, 1.807) is 33.8 Å². The number of rotatable bonds is 9. The van der Waals surface area contributed by atoms with Crippen LogP contribution < -0.4 is 14.5 Å². The molecule has 52 heavy (non-hydrogen) atoms. The van der Waals surface area contributed by atoms with Gasteiger partial charge in [-0.25, -0.2) is 0 Å². The summed E-state index contributed by atoms with van der Waals surface area (Å²) in [5.41, 5.74) is 3.08. The van der Waals surface area contributed by atoms with Crippen LogP contribution in [0.3, 0.4) is 0 Å². The molecule has 8 rings (SSSR count). The second-order valence-corrected chi connectivity index (χ2v) is 18.1. The summed E-state index contributed by atoms with van der Waals surface area (Å²) < 4.78 is 30.5. The first-order valence-corrected chi connectivity index (χ1v) is 20.6. The van der Waals surface area contributed by atoms with Crippen LogP contribution in [0.1, 0.15) is 41.8 Å². The van der Waals surface area contributed by atoms with Gasteiger partial charge in [-0.05, 0) is 61.0 Å². The summed E-state index contributed by atoms with van der Waals surface area (Å²) in [6.07, 6.45) is 0.662. The van der Waals surface area contributed by atoms with E-state index in [0.717, 1.165) is 16.8 Å². The molecule has 0 aliphatic carbocycles. The monoisotopic (exact) mass is 717 g/mol. The second-order valence-electron chi connectivity index (χ2n) is 14.3. The van der Waals surface area contributed by atoms with Gasteiger partial charge in [-0.15, -0.1) is 5.10 Å². The minimum absolute atomic E-state index is 0.0458. The molecule has 5 aromatic rings. The summed E-state index contributed by atoms with van der Waals surface area (Å²) in [5.74, 6) is -0.154. The largest absolute Gasteiger partial charge is 0.482 e. The third kappa shape index (κ3) is 5.71. The number of benzene rings is 4. The van der Waals surface area contributed by atoms with E-state index in [4.69, 9.17) is 9.47 Å². The molecule has 0 radical (unpaired) electrons. The summed E-state index contributed by atoms with van der Waals surface area (Å²) in [5, 5.41) is 19.3. The number of hydrogen-bond acceptors (Lipinski definition) is 7. The van der Waals surface area contributed by atoms with E-state index >= 15 is 4.11 Å². The maximum atomic E-state index is 16.3. The summed E-state index contributed by atoms with van der Waals surface area (Å²) in [7, 11) is -3.36. The zero-order valence-corrected chi connectivity index (χ0v) is 30.2. The summed E-state index contributed by atoms with van der Waals surface area (Å²) in [4.78, 5) is 31.1. The quantitative estimate of drug-likeness (QED) is 0.132. The van der Waals surface area contributed by atoms with E-state index < -0.39 is 37.7 Å². The average molecular weight is 718 g/mol. The van der Waals surface area contributed by atoms with Crippen LogP contribution in [0.4, 0.5) is 21.2 Å². The highest BCUT2D eigenvalue weighted by molar-refractivity contribution is 6.72. The van der Waals surface area contributed by atoms with Crippen LogP contribution in [-0.2, 0) is 33.0 Å². The number of aromatic nitrogens is 3. The minimum Gasteiger partial charge on any atom is -0.482 e. The lowest BCUT2D eigenvalue weighted by molar-refractivity contribution is -0.146. The van der Waals surface area contributed by atoms with Crippen molar-refractivity contribution in [3.05, 3.63) is 132 Å². The van der Waals surface area contributed by atoms with E-state index in [2.05, 4.69) is 10.3 Å². The number of para-hydroxylation sites is 3. The van der Waals surface area contributed by atoms with Crippen LogP contribution in [-0.4, -0.2) is 53.0 Å². The van der Waals surface area contributed by atoms with Gasteiger partial charge in [-0.3, -0.25) is 19.2 Å². The fraction of sp³-hybridized carbons (Fsp3) is 0.300. The number of carbonyl (C=O) groups excluding carboxylic acids is 2. The number of halogens is 1. The van der Waals surface area contributed by atoms with E-state index in [-0.39, 0.29) is 25.0 Å². The summed E-state index contributed by atoms with van der Waals surface area (Å²) in [6, 6.07) is 31.9. The van der Waals surface area contributed by atoms with Crippen molar-refractivity contribution in [1.29, 1.82) is 0 Å². The van der Waals surface area contributed by atoms with Crippen LogP contribution in [0.25, 0.3) is 0 Å². The van der Waals surface area contributed by atoms with Crippen LogP contribution in [0.2, 0.25) is 18.6 Å². The van der Waals surface area contributed by atoms with Gasteiger partial charge in [0, 0.05) is 29.3 Å². The third-order valence-electron chi connectivity index (χ3n) is 10.7. The number of aliphatic hydroxyl groups is 1. The Morgan fingerprint density at radius 3 is 2.38 bits per heavy atom. The van der Waals surface area contributed by atoms with E-state index in [9.17, 15) is 14.7 Å². The van der Waals surface area contributed by atoms with Crippen molar-refractivity contribution in [2.45, 2.75) is 62.9 Å². The fourth-order valence-corrected chi connectivity index (χ4v) is 10.9. The number of ether oxygens (including phenoxy) is 2. The first-order valence-electron chi connectivity index (χ1n) is 17.6. The molecular weight excluding hydrogens is 678 g/mol. The molecule has 1 saturated heterocycles. The van der Waals surface area contributed by atoms with Gasteiger partial charge in [0.15, 0.2) is 12.2 Å². The zero-order chi connectivity index (χ0) is 36.2. The molecule has 3 aliphatic rings. The van der Waals surface area contributed by atoms with Gasteiger partial charge >= 0.3 is 0 Å². The van der Waals surface area contributed by atoms with Gasteiger partial charge in [0.25, 0.3) is 11.8 Å². The first-order chi connectivity index (χ1) is 25.1. The number of aliphatic hydroxyl groups excluding tert-OH is 1. The molecule has 4 aromatic carbocycles. The number of amides is 2.